The first-order valence-corrected chi connectivity index (χ1v) is 20.5. The van der Waals surface area contributed by atoms with Crippen LogP contribution in [-0.2, 0) is 10.8 Å². The molecule has 1 nitrogen and oxygen atoms in total. The lowest BCUT2D eigenvalue weighted by molar-refractivity contribution is 0.191. The number of anilines is 3. The van der Waals surface area contributed by atoms with Gasteiger partial charge in [0.2, 0.25) is 0 Å². The van der Waals surface area contributed by atoms with Crippen LogP contribution in [0.4, 0.5) is 17.1 Å². The van der Waals surface area contributed by atoms with E-state index in [-0.39, 0.29) is 10.8 Å². The number of fused-ring (bicyclic) bond motifs is 6. The van der Waals surface area contributed by atoms with Crippen LogP contribution in [0.1, 0.15) is 61.8 Å². The number of hydrogen-bond acceptors (Lipinski definition) is 1. The Balaban J connectivity index is 1.06. The number of rotatable bonds is 5. The predicted molar refractivity (Wildman–Crippen MR) is 228 cm³/mol. The van der Waals surface area contributed by atoms with Crippen molar-refractivity contribution < 1.29 is 0 Å². The van der Waals surface area contributed by atoms with Crippen molar-refractivity contribution in [1.82, 2.24) is 0 Å². The van der Waals surface area contributed by atoms with Gasteiger partial charge < -0.3 is 4.90 Å². The third-order valence-electron chi connectivity index (χ3n) is 14.9. The van der Waals surface area contributed by atoms with E-state index < -0.39 is 0 Å². The molecule has 0 radical (unpaired) electrons. The molecule has 4 fully saturated rings. The summed E-state index contributed by atoms with van der Waals surface area (Å²) in [4.78, 5) is 2.52. The van der Waals surface area contributed by atoms with Crippen LogP contribution >= 0.6 is 0 Å². The molecule has 4 saturated carbocycles. The van der Waals surface area contributed by atoms with Crippen molar-refractivity contribution in [1.29, 1.82) is 0 Å². The Morgan fingerprint density at radius 2 is 1.00 bits per heavy atom. The summed E-state index contributed by atoms with van der Waals surface area (Å²) >= 11 is 0. The number of benzene rings is 7. The van der Waals surface area contributed by atoms with Crippen molar-refractivity contribution in [2.45, 2.75) is 50.4 Å². The Labute approximate surface area is 325 Å². The van der Waals surface area contributed by atoms with Gasteiger partial charge in [-0.3, -0.25) is 0 Å². The molecule has 13 rings (SSSR count). The van der Waals surface area contributed by atoms with Crippen molar-refractivity contribution in [2.24, 2.45) is 23.7 Å². The van der Waals surface area contributed by atoms with Gasteiger partial charge in [0.25, 0.3) is 0 Å². The first-order valence-electron chi connectivity index (χ1n) is 20.5. The Morgan fingerprint density at radius 1 is 0.418 bits per heavy atom. The van der Waals surface area contributed by atoms with Crippen LogP contribution in [0.15, 0.2) is 164 Å². The summed E-state index contributed by atoms with van der Waals surface area (Å²) in [6.07, 6.45) is 5.63. The van der Waals surface area contributed by atoms with E-state index in [9.17, 15) is 0 Å². The number of nitrogens with zero attached hydrogens (tertiary/aromatic N) is 1. The highest BCUT2D eigenvalue weighted by atomic mass is 15.1. The summed E-state index contributed by atoms with van der Waals surface area (Å²) in [6.45, 7) is 4.78. The molecular formula is C54H45N. The molecule has 7 aromatic rings. The number of hydrogen-bond donors (Lipinski definition) is 0. The zero-order valence-electron chi connectivity index (χ0n) is 31.7. The lowest BCUT2D eigenvalue weighted by Crippen LogP contribution is -2.40. The fourth-order valence-electron chi connectivity index (χ4n) is 12.7. The van der Waals surface area contributed by atoms with Crippen molar-refractivity contribution in [2.75, 3.05) is 4.90 Å². The van der Waals surface area contributed by atoms with Crippen LogP contribution in [0, 0.1) is 23.7 Å². The van der Waals surface area contributed by atoms with Crippen LogP contribution in [0.25, 0.3) is 44.5 Å². The molecule has 5 atom stereocenters. The minimum Gasteiger partial charge on any atom is -0.310 e. The first kappa shape index (κ1) is 31.7. The van der Waals surface area contributed by atoms with Crippen LogP contribution in [0.5, 0.6) is 0 Å². The van der Waals surface area contributed by atoms with Gasteiger partial charge in [0.1, 0.15) is 0 Å². The molecule has 266 valence electrons. The monoisotopic (exact) mass is 707 g/mol. The van der Waals surface area contributed by atoms with Crippen molar-refractivity contribution >= 4 is 17.1 Å². The highest BCUT2D eigenvalue weighted by Gasteiger charge is 2.66. The van der Waals surface area contributed by atoms with Gasteiger partial charge in [-0.25, -0.2) is 0 Å². The van der Waals surface area contributed by atoms with Crippen LogP contribution in [-0.4, -0.2) is 0 Å². The third-order valence-corrected chi connectivity index (χ3v) is 14.9. The Hall–Kier alpha value is -5.66. The second kappa shape index (κ2) is 11.4. The smallest absolute Gasteiger partial charge is 0.0468 e. The summed E-state index contributed by atoms with van der Waals surface area (Å²) in [7, 11) is 0. The van der Waals surface area contributed by atoms with Gasteiger partial charge >= 0.3 is 0 Å². The van der Waals surface area contributed by atoms with E-state index in [2.05, 4.69) is 183 Å². The van der Waals surface area contributed by atoms with Crippen LogP contribution in [0.2, 0.25) is 0 Å². The maximum atomic E-state index is 2.57. The highest BCUT2D eigenvalue weighted by molar-refractivity contribution is 5.91. The molecule has 0 heterocycles. The zero-order chi connectivity index (χ0) is 36.5. The standard InChI is InChI=1S/C54H45N/c1-53(2)48-16-10-9-15-44(48)45-24-22-43(33-52(45)53)55(41-20-17-37(18-21-41)35-11-5-3-6-12-35)42-23-26-50-47(32-42)46-31-38(36-13-7-4-8-14-36)19-25-49(46)54(50)40-28-34-27-39(30-40)51(54)29-34/h3-26,31-34,39-40,51H,27-30H2,1-2H3. The molecule has 6 aliphatic carbocycles. The fraction of sp³-hybridized carbons (Fsp3) is 0.222. The Bertz CT molecular complexity index is 2650. The maximum absolute atomic E-state index is 2.57. The summed E-state index contributed by atoms with van der Waals surface area (Å²) in [5.74, 6) is 3.30. The van der Waals surface area contributed by atoms with E-state index >= 15 is 0 Å². The molecule has 0 aliphatic heterocycles. The zero-order valence-corrected chi connectivity index (χ0v) is 31.7. The summed E-state index contributed by atoms with van der Waals surface area (Å²) in [5.41, 5.74) is 20.4. The molecule has 6 aliphatic rings. The minimum atomic E-state index is -0.0806. The molecule has 5 unspecified atom stereocenters. The lowest BCUT2D eigenvalue weighted by atomic mass is 9.59. The van der Waals surface area contributed by atoms with Gasteiger partial charge in [-0.1, -0.05) is 135 Å². The average Bonchev–Trinajstić information content (AvgIpc) is 3.85. The minimum absolute atomic E-state index is 0.0806. The van der Waals surface area contributed by atoms with E-state index in [1.807, 2.05) is 0 Å². The average molecular weight is 708 g/mol. The SMILES string of the molecule is CC1(C)c2ccccc2-c2ccc(N(c3ccc(-c4ccccc4)cc3)c3ccc4c(c3)-c3cc(-c5ccccc5)ccc3C43C4CC5CC(C4)C3C5)cc21. The predicted octanol–water partition coefficient (Wildman–Crippen LogP) is 14.1. The largest absolute Gasteiger partial charge is 0.310 e. The van der Waals surface area contributed by atoms with Gasteiger partial charge in [0.05, 0.1) is 0 Å². The summed E-state index contributed by atoms with van der Waals surface area (Å²) in [5, 5.41) is 0. The van der Waals surface area contributed by atoms with E-state index in [1.54, 1.807) is 11.1 Å². The van der Waals surface area contributed by atoms with Crippen molar-refractivity contribution in [3.8, 4) is 44.5 Å². The van der Waals surface area contributed by atoms with Crippen LogP contribution in [0.3, 0.4) is 0 Å². The van der Waals surface area contributed by atoms with Crippen LogP contribution < -0.4 is 4.90 Å². The van der Waals surface area contributed by atoms with Gasteiger partial charge in [-0.05, 0) is 159 Å². The van der Waals surface area contributed by atoms with Gasteiger partial charge in [0.15, 0.2) is 0 Å². The second-order valence-electron chi connectivity index (χ2n) is 17.7. The molecule has 0 aromatic heterocycles. The molecule has 1 heteroatoms. The fourth-order valence-corrected chi connectivity index (χ4v) is 12.7. The van der Waals surface area contributed by atoms with E-state index in [1.165, 1.54) is 98.4 Å². The topological polar surface area (TPSA) is 3.24 Å². The first-order chi connectivity index (χ1) is 27.0. The Morgan fingerprint density at radius 3 is 1.76 bits per heavy atom. The highest BCUT2D eigenvalue weighted by Crippen LogP contribution is 2.73. The molecule has 7 aromatic carbocycles. The van der Waals surface area contributed by atoms with Gasteiger partial charge in [0, 0.05) is 27.9 Å². The van der Waals surface area contributed by atoms with E-state index in [0.29, 0.717) is 0 Å². The second-order valence-corrected chi connectivity index (χ2v) is 17.7. The molecular weight excluding hydrogens is 663 g/mol. The van der Waals surface area contributed by atoms with E-state index in [0.717, 1.165) is 23.7 Å². The quantitative estimate of drug-likeness (QED) is 0.172. The third kappa shape index (κ3) is 4.36. The molecule has 4 bridgehead atoms. The van der Waals surface area contributed by atoms with Gasteiger partial charge in [-0.15, -0.1) is 0 Å². The van der Waals surface area contributed by atoms with Gasteiger partial charge in [-0.2, -0.15) is 0 Å². The molecule has 0 saturated heterocycles. The normalized spacial score (nSPS) is 24.1. The van der Waals surface area contributed by atoms with Crippen molar-refractivity contribution in [3.63, 3.8) is 0 Å². The molecule has 55 heavy (non-hydrogen) atoms. The maximum Gasteiger partial charge on any atom is 0.0468 e. The molecule has 0 N–H and O–H groups in total. The van der Waals surface area contributed by atoms with E-state index in [4.69, 9.17) is 0 Å². The molecule has 0 amide bonds. The van der Waals surface area contributed by atoms with Crippen molar-refractivity contribution in [3.05, 3.63) is 186 Å². The summed E-state index contributed by atoms with van der Waals surface area (Å²) < 4.78 is 0. The molecule has 1 spiro atoms. The Kier molecular flexibility index (Phi) is 6.58. The summed E-state index contributed by atoms with van der Waals surface area (Å²) in [6, 6.07) is 62.2. The lowest BCUT2D eigenvalue weighted by Gasteiger charge is -2.44.